The van der Waals surface area contributed by atoms with Gasteiger partial charge in [0.05, 0.1) is 18.5 Å². The number of methoxy groups -OCH3 is 1. The summed E-state index contributed by atoms with van der Waals surface area (Å²) in [6, 6.07) is 15.6. The van der Waals surface area contributed by atoms with E-state index in [0.717, 1.165) is 72.8 Å². The van der Waals surface area contributed by atoms with E-state index in [1.807, 2.05) is 13.0 Å². The molecular formula is C36H40F3N3OS. The monoisotopic (exact) mass is 619 g/mol. The average molecular weight is 620 g/mol. The molecule has 4 aromatic rings. The number of ether oxygens (including phenoxy) is 1. The molecule has 4 nitrogen and oxygen atoms in total. The Labute approximate surface area is 262 Å². The number of aromatic nitrogens is 2. The zero-order valence-corrected chi connectivity index (χ0v) is 26.6. The number of thioether (sulfide) groups is 1. The maximum Gasteiger partial charge on any atom is 0.173 e. The summed E-state index contributed by atoms with van der Waals surface area (Å²) in [5, 5.41) is 0.646. The third kappa shape index (κ3) is 6.16. The summed E-state index contributed by atoms with van der Waals surface area (Å²) in [7, 11) is 1.67. The Balaban J connectivity index is 1.33. The highest BCUT2D eigenvalue weighted by atomic mass is 32.2. The molecule has 0 N–H and O–H groups in total. The molecule has 6 rings (SSSR count). The Kier molecular flexibility index (Phi) is 9.11. The second-order valence-corrected chi connectivity index (χ2v) is 13.3. The van der Waals surface area contributed by atoms with Crippen molar-refractivity contribution in [2.45, 2.75) is 75.1 Å². The molecule has 1 aromatic heterocycles. The van der Waals surface area contributed by atoms with Gasteiger partial charge in [-0.05, 0) is 125 Å². The van der Waals surface area contributed by atoms with Crippen LogP contribution in [0, 0.1) is 24.4 Å². The lowest BCUT2D eigenvalue weighted by Crippen LogP contribution is -2.31. The first-order valence-electron chi connectivity index (χ1n) is 15.6. The average Bonchev–Trinajstić information content (AvgIpc) is 3.40. The largest absolute Gasteiger partial charge is 0.496 e. The van der Waals surface area contributed by atoms with E-state index in [1.54, 1.807) is 19.2 Å². The molecule has 1 aliphatic carbocycles. The van der Waals surface area contributed by atoms with Crippen molar-refractivity contribution < 1.29 is 17.9 Å². The Morgan fingerprint density at radius 1 is 0.932 bits per heavy atom. The number of benzene rings is 3. The van der Waals surface area contributed by atoms with E-state index in [0.29, 0.717) is 17.1 Å². The molecule has 1 atom stereocenters. The van der Waals surface area contributed by atoms with Crippen LogP contribution in [0.25, 0.3) is 5.69 Å². The quantitative estimate of drug-likeness (QED) is 0.176. The Morgan fingerprint density at radius 3 is 2.34 bits per heavy atom. The van der Waals surface area contributed by atoms with Gasteiger partial charge in [-0.2, -0.15) is 0 Å². The van der Waals surface area contributed by atoms with E-state index in [2.05, 4.69) is 28.5 Å². The molecule has 0 bridgehead atoms. The van der Waals surface area contributed by atoms with E-state index in [1.165, 1.54) is 55.3 Å². The number of piperidine rings is 1. The van der Waals surface area contributed by atoms with Crippen LogP contribution in [0.1, 0.15) is 72.7 Å². The number of hydrogen-bond acceptors (Lipinski definition) is 4. The second kappa shape index (κ2) is 13.0. The van der Waals surface area contributed by atoms with Crippen molar-refractivity contribution in [3.8, 4) is 11.4 Å². The minimum Gasteiger partial charge on any atom is -0.496 e. The summed E-state index contributed by atoms with van der Waals surface area (Å²) in [5.74, 6) is -0.434. The molecule has 232 valence electrons. The highest BCUT2D eigenvalue weighted by molar-refractivity contribution is 7.98. The van der Waals surface area contributed by atoms with Crippen LogP contribution in [0.2, 0.25) is 0 Å². The minimum atomic E-state index is -0.519. The molecule has 0 saturated carbocycles. The number of hydrogen-bond donors (Lipinski definition) is 0. The van der Waals surface area contributed by atoms with Gasteiger partial charge in [-0.3, -0.25) is 4.57 Å². The first-order chi connectivity index (χ1) is 21.3. The Morgan fingerprint density at radius 2 is 1.66 bits per heavy atom. The molecule has 0 radical (unpaired) electrons. The van der Waals surface area contributed by atoms with Gasteiger partial charge in [0.15, 0.2) is 5.16 Å². The molecule has 44 heavy (non-hydrogen) atoms. The van der Waals surface area contributed by atoms with Gasteiger partial charge in [0.25, 0.3) is 0 Å². The lowest BCUT2D eigenvalue weighted by molar-refractivity contribution is 0.231. The van der Waals surface area contributed by atoms with E-state index in [4.69, 9.17) is 9.72 Å². The van der Waals surface area contributed by atoms with Gasteiger partial charge < -0.3 is 9.64 Å². The fraction of sp³-hybridized carbons (Fsp3) is 0.417. The second-order valence-electron chi connectivity index (χ2n) is 12.4. The molecule has 8 heteroatoms. The van der Waals surface area contributed by atoms with Crippen LogP contribution >= 0.6 is 11.8 Å². The van der Waals surface area contributed by atoms with Crippen LogP contribution in [0.4, 0.5) is 13.2 Å². The summed E-state index contributed by atoms with van der Waals surface area (Å²) in [4.78, 5) is 7.43. The fourth-order valence-corrected chi connectivity index (χ4v) is 7.93. The molecule has 0 spiro atoms. The van der Waals surface area contributed by atoms with Crippen LogP contribution in [0.5, 0.6) is 5.75 Å². The highest BCUT2D eigenvalue weighted by Crippen LogP contribution is 2.46. The zero-order chi connectivity index (χ0) is 30.8. The summed E-state index contributed by atoms with van der Waals surface area (Å²) >= 11 is 1.32. The van der Waals surface area contributed by atoms with E-state index < -0.39 is 11.6 Å². The number of rotatable bonds is 9. The van der Waals surface area contributed by atoms with Crippen molar-refractivity contribution in [1.29, 1.82) is 0 Å². The molecule has 1 unspecified atom stereocenters. The van der Waals surface area contributed by atoms with Crippen molar-refractivity contribution in [2.75, 3.05) is 26.7 Å². The first kappa shape index (κ1) is 30.8. The van der Waals surface area contributed by atoms with Crippen LogP contribution < -0.4 is 4.74 Å². The standard InChI is InChI=1S/C36H40F3N3OS/c1-24-20-26(9-14-33(24)43-3)36(2)16-7-8-32-34(36)42(28-12-10-27(37)11-13-28)35(40-32)44-23-29-30(38)21-25(22-31(29)39)15-19-41-17-5-4-6-18-41/h9-14,20-22H,4-8,15-19,23H2,1-3H3. The van der Waals surface area contributed by atoms with Crippen molar-refractivity contribution in [3.63, 3.8) is 0 Å². The molecule has 1 aliphatic heterocycles. The molecule has 2 heterocycles. The third-order valence-electron chi connectivity index (χ3n) is 9.36. The highest BCUT2D eigenvalue weighted by Gasteiger charge is 2.40. The van der Waals surface area contributed by atoms with E-state index >= 15 is 8.78 Å². The van der Waals surface area contributed by atoms with Crippen LogP contribution in [0.3, 0.4) is 0 Å². The number of nitrogens with zero attached hydrogens (tertiary/aromatic N) is 3. The van der Waals surface area contributed by atoms with Gasteiger partial charge in [0, 0.05) is 29.0 Å². The van der Waals surface area contributed by atoms with E-state index in [-0.39, 0.29) is 22.5 Å². The predicted molar refractivity (Wildman–Crippen MR) is 171 cm³/mol. The molecule has 0 amide bonds. The Bertz CT molecular complexity index is 1610. The normalized spacial score (nSPS) is 18.8. The van der Waals surface area contributed by atoms with E-state index in [9.17, 15) is 4.39 Å². The molecule has 2 aliphatic rings. The summed E-state index contributed by atoms with van der Waals surface area (Å²) in [6.45, 7) is 7.20. The van der Waals surface area contributed by atoms with Crippen LogP contribution in [-0.4, -0.2) is 41.2 Å². The van der Waals surface area contributed by atoms with Crippen molar-refractivity contribution >= 4 is 11.8 Å². The van der Waals surface area contributed by atoms with Gasteiger partial charge in [0.2, 0.25) is 0 Å². The maximum absolute atomic E-state index is 15.4. The molecule has 1 fully saturated rings. The molecule has 1 saturated heterocycles. The number of fused-ring (bicyclic) bond motifs is 1. The summed E-state index contributed by atoms with van der Waals surface area (Å²) in [6.07, 6.45) is 6.94. The summed E-state index contributed by atoms with van der Waals surface area (Å²) in [5.41, 5.74) is 5.33. The lowest BCUT2D eigenvalue weighted by atomic mass is 9.71. The lowest BCUT2D eigenvalue weighted by Gasteiger charge is -2.36. The topological polar surface area (TPSA) is 30.3 Å². The number of aryl methyl sites for hydroxylation is 2. The smallest absolute Gasteiger partial charge is 0.173 e. The van der Waals surface area contributed by atoms with Gasteiger partial charge in [-0.1, -0.05) is 30.3 Å². The number of likely N-dealkylation sites (tertiary alicyclic amines) is 1. The molecule has 3 aromatic carbocycles. The summed E-state index contributed by atoms with van der Waals surface area (Å²) < 4.78 is 52.4. The van der Waals surface area contributed by atoms with Gasteiger partial charge in [-0.15, -0.1) is 0 Å². The van der Waals surface area contributed by atoms with Gasteiger partial charge in [0.1, 0.15) is 23.2 Å². The zero-order valence-electron chi connectivity index (χ0n) is 25.8. The van der Waals surface area contributed by atoms with Crippen molar-refractivity contribution in [3.05, 3.63) is 106 Å². The van der Waals surface area contributed by atoms with Crippen LogP contribution in [-0.2, 0) is 24.0 Å². The maximum atomic E-state index is 15.4. The van der Waals surface area contributed by atoms with Crippen molar-refractivity contribution in [1.82, 2.24) is 14.5 Å². The fourth-order valence-electron chi connectivity index (χ4n) is 6.88. The third-order valence-corrected chi connectivity index (χ3v) is 10.3. The number of imidazole rings is 1. The number of halogens is 3. The first-order valence-corrected chi connectivity index (χ1v) is 16.6. The SMILES string of the molecule is COc1ccc(C2(C)CCCc3nc(SCc4c(F)cc(CCN5CCCCC5)cc4F)n(-c4ccc(F)cc4)c32)cc1C. The Hall–Kier alpha value is -3.23. The van der Waals surface area contributed by atoms with Crippen molar-refractivity contribution in [2.24, 2.45) is 0 Å². The van der Waals surface area contributed by atoms with Gasteiger partial charge in [-0.25, -0.2) is 18.2 Å². The van der Waals surface area contributed by atoms with Crippen LogP contribution in [0.15, 0.2) is 59.8 Å². The predicted octanol–water partition coefficient (Wildman–Crippen LogP) is 8.57. The molecular weight excluding hydrogens is 579 g/mol. The van der Waals surface area contributed by atoms with Gasteiger partial charge >= 0.3 is 0 Å². The minimum absolute atomic E-state index is 0.0527.